The van der Waals surface area contributed by atoms with Crippen molar-refractivity contribution >= 4 is 128 Å². The van der Waals surface area contributed by atoms with Crippen LogP contribution in [0.2, 0.25) is 0 Å². The van der Waals surface area contributed by atoms with Gasteiger partial charge < -0.3 is 32.8 Å². The minimum atomic E-state index is -0.169. The Labute approximate surface area is 394 Å². The number of aromatic hydroxyl groups is 1. The van der Waals surface area contributed by atoms with Gasteiger partial charge in [0, 0.05) is 82.1 Å². The molecular weight excluding hydrogens is 863 g/mol. The minimum absolute atomic E-state index is 0.0802. The predicted molar refractivity (Wildman–Crippen MR) is 277 cm³/mol. The number of hydrogen-bond acceptors (Lipinski definition) is 9. The Balaban J connectivity index is 1.31. The normalized spacial score (nSPS) is 12.1. The molecule has 2 heterocycles. The number of benzene rings is 10. The Morgan fingerprint density at radius 2 is 0.855 bits per heavy atom. The number of carbonyl (C=O) groups is 2. The first-order chi connectivity index (χ1) is 33.7. The third-order valence-electron chi connectivity index (χ3n) is 13.5. The van der Waals surface area contributed by atoms with Crippen LogP contribution in [0, 0.1) is 0 Å². The van der Waals surface area contributed by atoms with Gasteiger partial charge in [0.2, 0.25) is 0 Å². The zero-order chi connectivity index (χ0) is 47.1. The molecule has 338 valence electrons. The molecule has 0 atom stereocenters. The molecule has 9 nitrogen and oxygen atoms in total. The lowest BCUT2D eigenvalue weighted by molar-refractivity contribution is 0.111. The maximum absolute atomic E-state index is 13.8. The standard InChI is InChI=1S/C60H45NO8/c1-32(2)37-18-13-19-38(33(3)4)60(37)61-31-65-30-36-26-50-55-57-51(69-47-23-12-8-17-42(47)41-16-7-11-22-46(41)68-50)27-43(64)53-35(29-63)25-49-56(59(53)57)54-48(24-34(28-62)52(36)58(54)55)66-44-20-9-5-14-39(44)40-15-6-10-21-45(40)67-49/h5-29,32-33,61,64H,30-31H2,1-4H3. The second-order valence-corrected chi connectivity index (χ2v) is 18.3. The fourth-order valence-electron chi connectivity index (χ4n) is 10.5. The third-order valence-corrected chi connectivity index (χ3v) is 13.5. The summed E-state index contributed by atoms with van der Waals surface area (Å²) in [6.45, 7) is 8.99. The second kappa shape index (κ2) is 16.4. The molecule has 0 radical (unpaired) electrons. The van der Waals surface area contributed by atoms with Gasteiger partial charge in [-0.15, -0.1) is 0 Å². The molecule has 0 spiro atoms. The highest BCUT2D eigenvalue weighted by Gasteiger charge is 2.28. The molecule has 0 fully saturated rings. The first-order valence-corrected chi connectivity index (χ1v) is 23.2. The number of anilines is 1. The summed E-state index contributed by atoms with van der Waals surface area (Å²) in [7, 11) is 0. The van der Waals surface area contributed by atoms with Crippen molar-refractivity contribution in [1.29, 1.82) is 0 Å². The van der Waals surface area contributed by atoms with Gasteiger partial charge in [-0.2, -0.15) is 0 Å². The monoisotopic (exact) mass is 907 g/mol. The van der Waals surface area contributed by atoms with Gasteiger partial charge in [0.25, 0.3) is 0 Å². The fraction of sp³-hybridized carbons (Fsp3) is 0.133. The van der Waals surface area contributed by atoms with Crippen LogP contribution in [0.3, 0.4) is 0 Å². The van der Waals surface area contributed by atoms with Gasteiger partial charge in [-0.3, -0.25) is 9.59 Å². The van der Waals surface area contributed by atoms with E-state index in [-0.39, 0.29) is 36.5 Å². The molecule has 2 aromatic heterocycles. The number of phenols is 1. The average molecular weight is 908 g/mol. The molecule has 0 aliphatic carbocycles. The van der Waals surface area contributed by atoms with Crippen LogP contribution in [-0.4, -0.2) is 24.4 Å². The van der Waals surface area contributed by atoms with Crippen LogP contribution in [0.4, 0.5) is 5.69 Å². The van der Waals surface area contributed by atoms with Crippen molar-refractivity contribution in [3.63, 3.8) is 0 Å². The van der Waals surface area contributed by atoms with Crippen LogP contribution in [-0.2, 0) is 11.3 Å². The summed E-state index contributed by atoms with van der Waals surface area (Å²) in [5, 5.41) is 23.1. The van der Waals surface area contributed by atoms with Gasteiger partial charge in [0.05, 0.1) is 6.61 Å². The molecule has 69 heavy (non-hydrogen) atoms. The molecule has 0 unspecified atom stereocenters. The largest absolute Gasteiger partial charge is 0.507 e. The number of rotatable bonds is 9. The Hall–Kier alpha value is -8.40. The molecule has 2 N–H and O–H groups in total. The molecule has 9 heteroatoms. The van der Waals surface area contributed by atoms with Crippen molar-refractivity contribution in [1.82, 2.24) is 0 Å². The van der Waals surface area contributed by atoms with Crippen LogP contribution < -0.4 is 5.32 Å². The number of nitrogens with one attached hydrogen (secondary N) is 1. The zero-order valence-electron chi connectivity index (χ0n) is 38.3. The number of hydrogen-bond donors (Lipinski definition) is 2. The Kier molecular flexibility index (Phi) is 10.0. The predicted octanol–water partition coefficient (Wildman–Crippen LogP) is 16.4. The van der Waals surface area contributed by atoms with Crippen molar-refractivity contribution in [3.8, 4) is 5.75 Å². The number of fused-ring (bicyclic) bond motifs is 6. The van der Waals surface area contributed by atoms with Gasteiger partial charge in [-0.25, -0.2) is 0 Å². The summed E-state index contributed by atoms with van der Waals surface area (Å²) < 4.78 is 35.1. The van der Waals surface area contributed by atoms with Crippen molar-refractivity contribution < 1.29 is 37.1 Å². The molecule has 0 amide bonds. The number of para-hydroxylation sites is 5. The number of ether oxygens (including phenoxy) is 1. The van der Waals surface area contributed by atoms with Gasteiger partial charge in [-0.05, 0) is 76.4 Å². The summed E-state index contributed by atoms with van der Waals surface area (Å²) >= 11 is 0. The van der Waals surface area contributed by atoms with Crippen LogP contribution >= 0.6 is 0 Å². The van der Waals surface area contributed by atoms with Crippen molar-refractivity contribution in [2.75, 3.05) is 12.0 Å². The molecule has 12 rings (SSSR count). The van der Waals surface area contributed by atoms with Crippen molar-refractivity contribution in [2.24, 2.45) is 0 Å². The molecule has 0 saturated heterocycles. The lowest BCUT2D eigenvalue weighted by atomic mass is 9.84. The quantitative estimate of drug-likeness (QED) is 0.0478. The van der Waals surface area contributed by atoms with E-state index in [0.29, 0.717) is 98.9 Å². The highest BCUT2D eigenvalue weighted by atomic mass is 16.5. The van der Waals surface area contributed by atoms with E-state index in [4.69, 9.17) is 22.4 Å². The Morgan fingerprint density at radius 1 is 0.464 bits per heavy atom. The molecule has 0 saturated carbocycles. The minimum Gasteiger partial charge on any atom is -0.507 e. The summed E-state index contributed by atoms with van der Waals surface area (Å²) in [5.41, 5.74) is 8.24. The van der Waals surface area contributed by atoms with Crippen molar-refractivity contribution in [3.05, 3.63) is 167 Å². The zero-order valence-corrected chi connectivity index (χ0v) is 38.3. The summed E-state index contributed by atoms with van der Waals surface area (Å²) in [6.07, 6.45) is 1.57. The number of aldehydes is 2. The van der Waals surface area contributed by atoms with Crippen LogP contribution in [0.15, 0.2) is 157 Å². The van der Waals surface area contributed by atoms with E-state index in [1.54, 1.807) is 18.2 Å². The summed E-state index contributed by atoms with van der Waals surface area (Å²) in [6, 6.07) is 44.1. The second-order valence-electron chi connectivity index (χ2n) is 18.3. The van der Waals surface area contributed by atoms with E-state index in [1.807, 2.05) is 103 Å². The highest BCUT2D eigenvalue weighted by Crippen LogP contribution is 2.51. The van der Waals surface area contributed by atoms with E-state index in [2.05, 4.69) is 51.2 Å². The molecule has 10 aromatic carbocycles. The lowest BCUT2D eigenvalue weighted by Gasteiger charge is -2.22. The Morgan fingerprint density at radius 3 is 1.29 bits per heavy atom. The van der Waals surface area contributed by atoms with E-state index >= 15 is 0 Å². The third kappa shape index (κ3) is 6.64. The average Bonchev–Trinajstić information content (AvgIpc) is 3.36. The molecule has 0 aliphatic rings. The van der Waals surface area contributed by atoms with Crippen LogP contribution in [0.25, 0.3) is 109 Å². The summed E-state index contributed by atoms with van der Waals surface area (Å²) in [4.78, 5) is 27.1. The van der Waals surface area contributed by atoms with E-state index < -0.39 is 0 Å². The van der Waals surface area contributed by atoms with E-state index in [0.717, 1.165) is 39.8 Å². The maximum atomic E-state index is 13.8. The smallest absolute Gasteiger partial charge is 0.150 e. The first-order valence-electron chi connectivity index (χ1n) is 23.2. The lowest BCUT2D eigenvalue weighted by Crippen LogP contribution is -2.12. The maximum Gasteiger partial charge on any atom is 0.150 e. The van der Waals surface area contributed by atoms with Gasteiger partial charge in [-0.1, -0.05) is 119 Å². The topological polar surface area (TPSA) is 128 Å². The molecular formula is C60H45NO8. The van der Waals surface area contributed by atoms with Crippen LogP contribution in [0.1, 0.15) is 76.9 Å². The SMILES string of the molecule is CC(C)c1cccc(C(C)C)c1NCOCc1cc2oc3ccccc3c3ccccc3oc3cc(O)c4c(C=O)cc5oc6ccccc6c6ccccc6oc6cc(C=O)c1c1c6c5c4c3c21. The van der Waals surface area contributed by atoms with Crippen molar-refractivity contribution in [2.45, 2.75) is 46.1 Å². The van der Waals surface area contributed by atoms with E-state index in [9.17, 15) is 14.7 Å². The molecule has 0 bridgehead atoms. The van der Waals surface area contributed by atoms with Gasteiger partial charge >= 0.3 is 0 Å². The number of phenolic OH excluding ortho intramolecular Hbond substituents is 1. The van der Waals surface area contributed by atoms with Gasteiger partial charge in [0.1, 0.15) is 57.1 Å². The van der Waals surface area contributed by atoms with Gasteiger partial charge in [0.15, 0.2) is 12.6 Å². The highest BCUT2D eigenvalue weighted by molar-refractivity contribution is 6.44. The fourth-order valence-corrected chi connectivity index (χ4v) is 10.5. The molecule has 0 aliphatic heterocycles. The molecule has 12 aromatic rings. The van der Waals surface area contributed by atoms with Crippen LogP contribution in [0.5, 0.6) is 5.75 Å². The Bertz CT molecular complexity index is 4170. The first kappa shape index (κ1) is 42.0. The summed E-state index contributed by atoms with van der Waals surface area (Å²) in [5.74, 6) is 0.387. The van der Waals surface area contributed by atoms with E-state index in [1.165, 1.54) is 11.1 Å². The number of carbonyl (C=O) groups excluding carboxylic acids is 2.